The lowest BCUT2D eigenvalue weighted by Crippen LogP contribution is -2.40. The van der Waals surface area contributed by atoms with E-state index >= 15 is 0 Å². The molecule has 1 aliphatic rings. The van der Waals surface area contributed by atoms with E-state index in [4.69, 9.17) is 5.73 Å². The molecule has 0 radical (unpaired) electrons. The summed E-state index contributed by atoms with van der Waals surface area (Å²) >= 11 is 0. The first-order valence-corrected chi connectivity index (χ1v) is 5.91. The van der Waals surface area contributed by atoms with E-state index in [0.717, 1.165) is 4.90 Å². The zero-order valence-corrected chi connectivity index (χ0v) is 9.96. The number of nitrogens with two attached hydrogens (primary N) is 1. The molecular weight excluding hydrogens is 233 g/mol. The first-order valence-electron chi connectivity index (χ1n) is 5.91. The lowest BCUT2D eigenvalue weighted by molar-refractivity contribution is -0.162. The Morgan fingerprint density at radius 3 is 2.47 bits per heavy atom. The fraction of sp³-hybridized carbons (Fsp3) is 0.909. The minimum Gasteiger partial charge on any atom is -0.331 e. The molecule has 6 heteroatoms. The first kappa shape index (κ1) is 14.3. The first-order chi connectivity index (χ1) is 7.79. The number of hydrogen-bond acceptors (Lipinski definition) is 2. The topological polar surface area (TPSA) is 46.3 Å². The van der Waals surface area contributed by atoms with E-state index in [-0.39, 0.29) is 18.5 Å². The molecule has 1 atom stereocenters. The van der Waals surface area contributed by atoms with Gasteiger partial charge < -0.3 is 10.6 Å². The number of nitrogens with zero attached hydrogens (tertiary/aromatic N) is 1. The van der Waals surface area contributed by atoms with Crippen LogP contribution in [0.2, 0.25) is 0 Å². The van der Waals surface area contributed by atoms with Crippen LogP contribution in [-0.4, -0.2) is 35.6 Å². The van der Waals surface area contributed by atoms with Gasteiger partial charge in [0.1, 0.15) is 6.54 Å². The number of rotatable bonds is 6. The Hall–Kier alpha value is -0.780. The molecule has 0 aromatic carbocycles. The third kappa shape index (κ3) is 5.91. The Morgan fingerprint density at radius 2 is 2.06 bits per heavy atom. The van der Waals surface area contributed by atoms with Crippen LogP contribution in [0.25, 0.3) is 0 Å². The second-order valence-corrected chi connectivity index (χ2v) is 4.74. The van der Waals surface area contributed by atoms with Crippen molar-refractivity contribution in [3.05, 3.63) is 0 Å². The van der Waals surface area contributed by atoms with Gasteiger partial charge in [-0.15, -0.1) is 0 Å². The molecule has 2 N–H and O–H groups in total. The molecule has 0 heterocycles. The van der Waals surface area contributed by atoms with Crippen LogP contribution in [0.3, 0.4) is 0 Å². The van der Waals surface area contributed by atoms with Crippen LogP contribution in [0.15, 0.2) is 0 Å². The van der Waals surface area contributed by atoms with E-state index in [1.807, 2.05) is 6.92 Å². The van der Waals surface area contributed by atoms with Crippen LogP contribution in [0, 0.1) is 0 Å². The van der Waals surface area contributed by atoms with Gasteiger partial charge in [0, 0.05) is 18.5 Å². The molecule has 1 aliphatic carbocycles. The van der Waals surface area contributed by atoms with Crippen LogP contribution < -0.4 is 5.73 Å². The Balaban J connectivity index is 2.39. The molecule has 1 unspecified atom stereocenters. The summed E-state index contributed by atoms with van der Waals surface area (Å²) in [6.07, 6.45) is -1.55. The smallest absolute Gasteiger partial charge is 0.331 e. The lowest BCUT2D eigenvalue weighted by atomic mass is 10.1. The highest BCUT2D eigenvalue weighted by molar-refractivity contribution is 5.76. The largest absolute Gasteiger partial charge is 0.406 e. The van der Waals surface area contributed by atoms with Crippen molar-refractivity contribution in [2.24, 2.45) is 5.73 Å². The predicted octanol–water partition coefficient (Wildman–Crippen LogP) is 2.06. The molecular formula is C11H19F3N2O. The molecule has 0 saturated heterocycles. The standard InChI is InChI=1S/C11H19F3N2O/c1-8(15)3-2-4-10(17)16(9-5-6-9)7-11(12,13)14/h8-9H,2-7,15H2,1H3. The number of hydrogen-bond donors (Lipinski definition) is 1. The van der Waals surface area contributed by atoms with Crippen molar-refractivity contribution in [3.63, 3.8) is 0 Å². The van der Waals surface area contributed by atoms with E-state index in [1.165, 1.54) is 0 Å². The highest BCUT2D eigenvalue weighted by atomic mass is 19.4. The van der Waals surface area contributed by atoms with Gasteiger partial charge in [-0.1, -0.05) is 0 Å². The maximum atomic E-state index is 12.3. The second-order valence-electron chi connectivity index (χ2n) is 4.74. The molecule has 0 aromatic rings. The van der Waals surface area contributed by atoms with Gasteiger partial charge in [-0.2, -0.15) is 13.2 Å². The molecule has 0 bridgehead atoms. The summed E-state index contributed by atoms with van der Waals surface area (Å²) in [5.41, 5.74) is 5.52. The minimum atomic E-state index is -4.31. The fourth-order valence-electron chi connectivity index (χ4n) is 1.72. The van der Waals surface area contributed by atoms with Gasteiger partial charge in [0.25, 0.3) is 0 Å². The fourth-order valence-corrected chi connectivity index (χ4v) is 1.72. The quantitative estimate of drug-likeness (QED) is 0.786. The Morgan fingerprint density at radius 1 is 1.47 bits per heavy atom. The van der Waals surface area contributed by atoms with Crippen molar-refractivity contribution in [2.75, 3.05) is 6.54 Å². The predicted molar refractivity (Wildman–Crippen MR) is 58.3 cm³/mol. The van der Waals surface area contributed by atoms with E-state index in [2.05, 4.69) is 0 Å². The number of carbonyl (C=O) groups excluding carboxylic acids is 1. The number of amides is 1. The zero-order valence-electron chi connectivity index (χ0n) is 9.96. The summed E-state index contributed by atoms with van der Waals surface area (Å²) < 4.78 is 36.9. The highest BCUT2D eigenvalue weighted by Crippen LogP contribution is 2.30. The lowest BCUT2D eigenvalue weighted by Gasteiger charge is -2.23. The second kappa shape index (κ2) is 5.71. The van der Waals surface area contributed by atoms with Gasteiger partial charge >= 0.3 is 6.18 Å². The van der Waals surface area contributed by atoms with Gasteiger partial charge in [-0.25, -0.2) is 0 Å². The number of carbonyl (C=O) groups is 1. The van der Waals surface area contributed by atoms with Crippen molar-refractivity contribution in [2.45, 2.75) is 57.3 Å². The minimum absolute atomic E-state index is 0.0141. The van der Waals surface area contributed by atoms with Gasteiger partial charge in [-0.3, -0.25) is 4.79 Å². The summed E-state index contributed by atoms with van der Waals surface area (Å²) in [7, 11) is 0. The molecule has 1 fully saturated rings. The monoisotopic (exact) mass is 252 g/mol. The van der Waals surface area contributed by atoms with Gasteiger partial charge in [0.05, 0.1) is 0 Å². The maximum absolute atomic E-state index is 12.3. The van der Waals surface area contributed by atoms with Crippen molar-refractivity contribution >= 4 is 5.91 Å². The number of halogens is 3. The third-order valence-corrected chi connectivity index (χ3v) is 2.71. The Bertz CT molecular complexity index is 262. The van der Waals surface area contributed by atoms with Gasteiger partial charge in [0.15, 0.2) is 0 Å². The summed E-state index contributed by atoms with van der Waals surface area (Å²) in [5.74, 6) is -0.398. The highest BCUT2D eigenvalue weighted by Gasteiger charge is 2.40. The normalized spacial score (nSPS) is 17.9. The van der Waals surface area contributed by atoms with E-state index in [9.17, 15) is 18.0 Å². The summed E-state index contributed by atoms with van der Waals surface area (Å²) in [6.45, 7) is 0.702. The van der Waals surface area contributed by atoms with Crippen molar-refractivity contribution < 1.29 is 18.0 Å². The van der Waals surface area contributed by atoms with Crippen molar-refractivity contribution in [3.8, 4) is 0 Å². The maximum Gasteiger partial charge on any atom is 0.406 e. The Labute approximate surface area is 99.1 Å². The van der Waals surface area contributed by atoms with Gasteiger partial charge in [0.2, 0.25) is 5.91 Å². The molecule has 17 heavy (non-hydrogen) atoms. The molecule has 1 rings (SSSR count). The van der Waals surface area contributed by atoms with E-state index in [1.54, 1.807) is 0 Å². The molecule has 3 nitrogen and oxygen atoms in total. The average Bonchev–Trinajstić information content (AvgIpc) is 2.95. The number of alkyl halides is 3. The summed E-state index contributed by atoms with van der Waals surface area (Å²) in [5, 5.41) is 0. The average molecular weight is 252 g/mol. The Kier molecular flexibility index (Phi) is 4.80. The molecule has 1 amide bonds. The van der Waals surface area contributed by atoms with Crippen LogP contribution in [0.1, 0.15) is 39.0 Å². The molecule has 100 valence electrons. The van der Waals surface area contributed by atoms with E-state index in [0.29, 0.717) is 25.7 Å². The third-order valence-electron chi connectivity index (χ3n) is 2.71. The SMILES string of the molecule is CC(N)CCCC(=O)N(CC(F)(F)F)C1CC1. The van der Waals surface area contributed by atoms with E-state index < -0.39 is 18.6 Å². The zero-order chi connectivity index (χ0) is 13.1. The van der Waals surface area contributed by atoms with Crippen molar-refractivity contribution in [1.82, 2.24) is 4.90 Å². The van der Waals surface area contributed by atoms with Crippen LogP contribution in [-0.2, 0) is 4.79 Å². The van der Waals surface area contributed by atoms with Crippen LogP contribution >= 0.6 is 0 Å². The molecule has 0 aromatic heterocycles. The summed E-state index contributed by atoms with van der Waals surface area (Å²) in [4.78, 5) is 12.6. The van der Waals surface area contributed by atoms with Gasteiger partial charge in [-0.05, 0) is 32.6 Å². The van der Waals surface area contributed by atoms with Crippen LogP contribution in [0.5, 0.6) is 0 Å². The van der Waals surface area contributed by atoms with Crippen molar-refractivity contribution in [1.29, 1.82) is 0 Å². The molecule has 1 saturated carbocycles. The van der Waals surface area contributed by atoms with Crippen LogP contribution in [0.4, 0.5) is 13.2 Å². The summed E-state index contributed by atoms with van der Waals surface area (Å²) in [6, 6.07) is -0.209. The molecule has 0 spiro atoms. The molecule has 0 aliphatic heterocycles.